The summed E-state index contributed by atoms with van der Waals surface area (Å²) in [5.41, 5.74) is 1.87. The van der Waals surface area contributed by atoms with Crippen LogP contribution in [-0.4, -0.2) is 57.1 Å². The molecule has 1 aliphatic rings. The number of hydrogen-bond donors (Lipinski definition) is 1. The fourth-order valence-corrected chi connectivity index (χ4v) is 3.03. The SMILES string of the molecule is COC(=O)c1ccc(N2CCN(C)CC2)c(NC(=O)c2cccc(F)c2)c1. The van der Waals surface area contributed by atoms with Crippen LogP contribution in [0.5, 0.6) is 0 Å². The lowest BCUT2D eigenvalue weighted by molar-refractivity contribution is 0.0600. The standard InChI is InChI=1S/C20H22FN3O3/c1-23-8-10-24(11-9-23)18-7-6-15(20(26)27-2)13-17(18)22-19(25)14-4-3-5-16(21)12-14/h3-7,12-13H,8-11H2,1-2H3,(H,22,25). The zero-order valence-electron chi connectivity index (χ0n) is 15.4. The van der Waals surface area contributed by atoms with Crippen LogP contribution in [0.1, 0.15) is 20.7 Å². The van der Waals surface area contributed by atoms with Gasteiger partial charge in [-0.15, -0.1) is 0 Å². The summed E-state index contributed by atoms with van der Waals surface area (Å²) in [7, 11) is 3.37. The zero-order chi connectivity index (χ0) is 19.4. The number of rotatable bonds is 4. The van der Waals surface area contributed by atoms with Gasteiger partial charge in [0.05, 0.1) is 24.0 Å². The number of halogens is 1. The Morgan fingerprint density at radius 2 is 1.78 bits per heavy atom. The molecule has 0 unspecified atom stereocenters. The van der Waals surface area contributed by atoms with Crippen molar-refractivity contribution in [2.75, 3.05) is 50.6 Å². The van der Waals surface area contributed by atoms with Crippen molar-refractivity contribution in [3.63, 3.8) is 0 Å². The largest absolute Gasteiger partial charge is 0.465 e. The van der Waals surface area contributed by atoms with Crippen molar-refractivity contribution in [1.82, 2.24) is 4.90 Å². The first-order valence-electron chi connectivity index (χ1n) is 8.70. The molecular weight excluding hydrogens is 349 g/mol. The second kappa shape index (κ2) is 8.18. The van der Waals surface area contributed by atoms with Crippen molar-refractivity contribution in [2.45, 2.75) is 0 Å². The molecule has 0 radical (unpaired) electrons. The lowest BCUT2D eigenvalue weighted by atomic mass is 10.1. The molecule has 2 aromatic carbocycles. The number of anilines is 2. The molecule has 0 spiro atoms. The summed E-state index contributed by atoms with van der Waals surface area (Å²) in [5.74, 6) is -1.40. The summed E-state index contributed by atoms with van der Waals surface area (Å²) in [6.07, 6.45) is 0. The van der Waals surface area contributed by atoms with E-state index in [0.29, 0.717) is 11.3 Å². The number of likely N-dealkylation sites (N-methyl/N-ethyl adjacent to an activating group) is 1. The molecule has 3 rings (SSSR count). The van der Waals surface area contributed by atoms with Gasteiger partial charge in [0.1, 0.15) is 5.82 Å². The number of nitrogens with zero attached hydrogens (tertiary/aromatic N) is 2. The molecule has 7 heteroatoms. The predicted molar refractivity (Wildman–Crippen MR) is 102 cm³/mol. The smallest absolute Gasteiger partial charge is 0.337 e. The first-order chi connectivity index (χ1) is 13.0. The van der Waals surface area contributed by atoms with Crippen molar-refractivity contribution in [3.8, 4) is 0 Å². The van der Waals surface area contributed by atoms with E-state index < -0.39 is 17.7 Å². The summed E-state index contributed by atoms with van der Waals surface area (Å²) < 4.78 is 18.2. The van der Waals surface area contributed by atoms with Gasteiger partial charge < -0.3 is 19.9 Å². The van der Waals surface area contributed by atoms with E-state index in [1.165, 1.54) is 31.4 Å². The van der Waals surface area contributed by atoms with E-state index in [1.807, 2.05) is 0 Å². The molecular formula is C20H22FN3O3. The topological polar surface area (TPSA) is 61.9 Å². The minimum Gasteiger partial charge on any atom is -0.465 e. The quantitative estimate of drug-likeness (QED) is 0.837. The first-order valence-corrected chi connectivity index (χ1v) is 8.70. The number of carbonyl (C=O) groups excluding carboxylic acids is 2. The summed E-state index contributed by atoms with van der Waals surface area (Å²) in [4.78, 5) is 28.9. The summed E-state index contributed by atoms with van der Waals surface area (Å²) in [6, 6.07) is 10.6. The third kappa shape index (κ3) is 4.43. The Morgan fingerprint density at radius 1 is 1.04 bits per heavy atom. The molecule has 1 fully saturated rings. The molecule has 0 atom stereocenters. The molecule has 1 amide bonds. The van der Waals surface area contributed by atoms with Gasteiger partial charge in [-0.25, -0.2) is 9.18 Å². The lowest BCUT2D eigenvalue weighted by Crippen LogP contribution is -2.44. The van der Waals surface area contributed by atoms with Crippen LogP contribution in [0.3, 0.4) is 0 Å². The molecule has 0 bridgehead atoms. The van der Waals surface area contributed by atoms with Gasteiger partial charge in [0.15, 0.2) is 0 Å². The third-order valence-electron chi connectivity index (χ3n) is 4.60. The van der Waals surface area contributed by atoms with Crippen LogP contribution in [-0.2, 0) is 4.74 Å². The average Bonchev–Trinajstić information content (AvgIpc) is 2.68. The predicted octanol–water partition coefficient (Wildman–Crippen LogP) is 2.62. The van der Waals surface area contributed by atoms with Gasteiger partial charge in [-0.05, 0) is 43.4 Å². The van der Waals surface area contributed by atoms with Crippen LogP contribution in [0.4, 0.5) is 15.8 Å². The first kappa shape index (κ1) is 18.8. The molecule has 2 aromatic rings. The molecule has 0 aromatic heterocycles. The molecule has 1 aliphatic heterocycles. The lowest BCUT2D eigenvalue weighted by Gasteiger charge is -2.35. The Labute approximate surface area is 157 Å². The maximum Gasteiger partial charge on any atom is 0.337 e. The zero-order valence-corrected chi connectivity index (χ0v) is 15.4. The second-order valence-electron chi connectivity index (χ2n) is 6.48. The number of carbonyl (C=O) groups is 2. The Bertz CT molecular complexity index is 848. The Balaban J connectivity index is 1.92. The number of benzene rings is 2. The molecule has 0 saturated carbocycles. The minimum atomic E-state index is -0.485. The van der Waals surface area contributed by atoms with Crippen LogP contribution in [0.2, 0.25) is 0 Å². The summed E-state index contributed by atoms with van der Waals surface area (Å²) in [6.45, 7) is 3.40. The third-order valence-corrected chi connectivity index (χ3v) is 4.60. The van der Waals surface area contributed by atoms with Crippen molar-refractivity contribution in [1.29, 1.82) is 0 Å². The normalized spacial score (nSPS) is 14.7. The van der Waals surface area contributed by atoms with E-state index in [4.69, 9.17) is 4.74 Å². The highest BCUT2D eigenvalue weighted by Crippen LogP contribution is 2.29. The number of piperazine rings is 1. The highest BCUT2D eigenvalue weighted by atomic mass is 19.1. The number of ether oxygens (including phenoxy) is 1. The van der Waals surface area contributed by atoms with Crippen molar-refractivity contribution in [3.05, 3.63) is 59.4 Å². The van der Waals surface area contributed by atoms with Gasteiger partial charge in [-0.2, -0.15) is 0 Å². The monoisotopic (exact) mass is 371 g/mol. The number of hydrogen-bond acceptors (Lipinski definition) is 5. The van der Waals surface area contributed by atoms with E-state index in [0.717, 1.165) is 31.9 Å². The van der Waals surface area contributed by atoms with Gasteiger partial charge in [0.25, 0.3) is 5.91 Å². The van der Waals surface area contributed by atoms with Gasteiger partial charge >= 0.3 is 5.97 Å². The number of esters is 1. The summed E-state index contributed by atoms with van der Waals surface area (Å²) in [5, 5.41) is 2.81. The van der Waals surface area contributed by atoms with E-state index in [1.54, 1.807) is 18.2 Å². The van der Waals surface area contributed by atoms with Crippen LogP contribution < -0.4 is 10.2 Å². The van der Waals surface area contributed by atoms with Crippen molar-refractivity contribution < 1.29 is 18.7 Å². The fraction of sp³-hybridized carbons (Fsp3) is 0.300. The van der Waals surface area contributed by atoms with Gasteiger partial charge in [0.2, 0.25) is 0 Å². The maximum absolute atomic E-state index is 13.4. The van der Waals surface area contributed by atoms with E-state index in [2.05, 4.69) is 22.2 Å². The van der Waals surface area contributed by atoms with Crippen LogP contribution >= 0.6 is 0 Å². The Kier molecular flexibility index (Phi) is 5.71. The van der Waals surface area contributed by atoms with E-state index in [-0.39, 0.29) is 5.56 Å². The minimum absolute atomic E-state index is 0.211. The molecule has 1 N–H and O–H groups in total. The average molecular weight is 371 g/mol. The van der Waals surface area contributed by atoms with Crippen LogP contribution in [0, 0.1) is 5.82 Å². The van der Waals surface area contributed by atoms with E-state index >= 15 is 0 Å². The van der Waals surface area contributed by atoms with Crippen LogP contribution in [0.25, 0.3) is 0 Å². The van der Waals surface area contributed by atoms with Gasteiger partial charge in [-0.3, -0.25) is 4.79 Å². The molecule has 0 aliphatic carbocycles. The van der Waals surface area contributed by atoms with Crippen molar-refractivity contribution in [2.24, 2.45) is 0 Å². The number of methoxy groups -OCH3 is 1. The second-order valence-corrected chi connectivity index (χ2v) is 6.48. The molecule has 27 heavy (non-hydrogen) atoms. The number of amides is 1. The van der Waals surface area contributed by atoms with Crippen molar-refractivity contribution >= 4 is 23.3 Å². The van der Waals surface area contributed by atoms with E-state index in [9.17, 15) is 14.0 Å². The maximum atomic E-state index is 13.4. The fourth-order valence-electron chi connectivity index (χ4n) is 3.03. The molecule has 142 valence electrons. The highest BCUT2D eigenvalue weighted by Gasteiger charge is 2.20. The summed E-state index contributed by atoms with van der Waals surface area (Å²) >= 11 is 0. The van der Waals surface area contributed by atoms with Gasteiger partial charge in [-0.1, -0.05) is 6.07 Å². The number of nitrogens with one attached hydrogen (secondary N) is 1. The van der Waals surface area contributed by atoms with Crippen LogP contribution in [0.15, 0.2) is 42.5 Å². The molecule has 1 heterocycles. The molecule has 6 nitrogen and oxygen atoms in total. The molecule has 1 saturated heterocycles. The Morgan fingerprint density at radius 3 is 2.44 bits per heavy atom. The van der Waals surface area contributed by atoms with Gasteiger partial charge in [0, 0.05) is 31.7 Å². The highest BCUT2D eigenvalue weighted by molar-refractivity contribution is 6.06. The Hall–Kier alpha value is -2.93.